The molecular weight excluding hydrogens is 220 g/mol. The number of nitrogens with one attached hydrogen (secondary N) is 1. The number of amides is 1. The molecule has 0 aromatic carbocycles. The summed E-state index contributed by atoms with van der Waals surface area (Å²) in [6.45, 7) is 4.06. The van der Waals surface area contributed by atoms with Crippen molar-refractivity contribution in [1.29, 1.82) is 0 Å². The van der Waals surface area contributed by atoms with Crippen molar-refractivity contribution in [2.45, 2.75) is 32.4 Å². The number of hydrogen-bond donors (Lipinski definition) is 2. The summed E-state index contributed by atoms with van der Waals surface area (Å²) in [5.41, 5.74) is 5.90. The second-order valence-corrected chi connectivity index (χ2v) is 4.57. The molecule has 1 aromatic rings. The number of rotatable bonds is 5. The highest BCUT2D eigenvalue weighted by atomic mass is 16.5. The zero-order valence-corrected chi connectivity index (χ0v) is 10.8. The molecule has 6 nitrogen and oxygen atoms in total. The van der Waals surface area contributed by atoms with Crippen LogP contribution in [0.2, 0.25) is 0 Å². The van der Waals surface area contributed by atoms with Crippen molar-refractivity contribution in [3.05, 3.63) is 11.8 Å². The third-order valence-corrected chi connectivity index (χ3v) is 2.52. The largest absolute Gasteiger partial charge is 0.378 e. The van der Waals surface area contributed by atoms with E-state index in [9.17, 15) is 4.79 Å². The van der Waals surface area contributed by atoms with Crippen molar-refractivity contribution in [3.63, 3.8) is 0 Å². The first kappa shape index (κ1) is 13.7. The first-order chi connectivity index (χ1) is 7.88. The number of aryl methyl sites for hydroxylation is 1. The molecule has 0 aliphatic heterocycles. The fourth-order valence-corrected chi connectivity index (χ4v) is 1.43. The van der Waals surface area contributed by atoms with Crippen LogP contribution in [0.4, 0.5) is 5.82 Å². The van der Waals surface area contributed by atoms with E-state index in [0.717, 1.165) is 5.56 Å². The Morgan fingerprint density at radius 3 is 2.82 bits per heavy atom. The Kier molecular flexibility index (Phi) is 4.25. The lowest BCUT2D eigenvalue weighted by molar-refractivity contribution is -0.121. The molecular formula is C11H20N4O2. The lowest BCUT2D eigenvalue weighted by Gasteiger charge is -2.21. The Bertz CT molecular complexity index is 398. The van der Waals surface area contributed by atoms with E-state index in [2.05, 4.69) is 10.4 Å². The maximum atomic E-state index is 11.8. The van der Waals surface area contributed by atoms with Gasteiger partial charge in [-0.3, -0.25) is 9.48 Å². The molecule has 0 saturated carbocycles. The van der Waals surface area contributed by atoms with Crippen molar-refractivity contribution in [1.82, 2.24) is 9.78 Å². The number of carbonyl (C=O) groups excluding carboxylic acids is 1. The van der Waals surface area contributed by atoms with Gasteiger partial charge in [0, 0.05) is 32.5 Å². The van der Waals surface area contributed by atoms with Crippen LogP contribution in [0.15, 0.2) is 6.20 Å². The van der Waals surface area contributed by atoms with Crippen LogP contribution in [0.25, 0.3) is 0 Å². The Balaban J connectivity index is 2.68. The van der Waals surface area contributed by atoms with E-state index in [1.807, 2.05) is 13.8 Å². The van der Waals surface area contributed by atoms with Gasteiger partial charge in [0.2, 0.25) is 5.91 Å². The SMILES string of the molecule is COC(C)(C)CC(=O)Nc1nn(C)cc1CN. The normalized spacial score (nSPS) is 11.6. The topological polar surface area (TPSA) is 82.2 Å². The Morgan fingerprint density at radius 1 is 1.65 bits per heavy atom. The molecule has 0 aliphatic rings. The molecule has 0 spiro atoms. The molecule has 96 valence electrons. The summed E-state index contributed by atoms with van der Waals surface area (Å²) in [5, 5.41) is 6.88. The molecule has 17 heavy (non-hydrogen) atoms. The van der Waals surface area contributed by atoms with Gasteiger partial charge >= 0.3 is 0 Å². The van der Waals surface area contributed by atoms with E-state index in [-0.39, 0.29) is 12.3 Å². The second-order valence-electron chi connectivity index (χ2n) is 4.57. The van der Waals surface area contributed by atoms with E-state index in [4.69, 9.17) is 10.5 Å². The minimum atomic E-state index is -0.484. The van der Waals surface area contributed by atoms with Crippen molar-refractivity contribution in [2.75, 3.05) is 12.4 Å². The number of ether oxygens (including phenoxy) is 1. The summed E-state index contributed by atoms with van der Waals surface area (Å²) in [7, 11) is 3.37. The van der Waals surface area contributed by atoms with Gasteiger partial charge in [0.05, 0.1) is 12.0 Å². The van der Waals surface area contributed by atoms with Gasteiger partial charge < -0.3 is 15.8 Å². The van der Waals surface area contributed by atoms with Crippen molar-refractivity contribution in [3.8, 4) is 0 Å². The van der Waals surface area contributed by atoms with E-state index in [1.54, 1.807) is 25.0 Å². The van der Waals surface area contributed by atoms with Crippen LogP contribution in [-0.2, 0) is 23.1 Å². The third kappa shape index (κ3) is 3.83. The highest BCUT2D eigenvalue weighted by Crippen LogP contribution is 2.16. The van der Waals surface area contributed by atoms with Crippen molar-refractivity contribution in [2.24, 2.45) is 12.8 Å². The summed E-state index contributed by atoms with van der Waals surface area (Å²) in [5.74, 6) is 0.386. The lowest BCUT2D eigenvalue weighted by atomic mass is 10.1. The highest BCUT2D eigenvalue weighted by molar-refractivity contribution is 5.91. The zero-order valence-electron chi connectivity index (χ0n) is 10.8. The Labute approximate surface area is 101 Å². The molecule has 1 aromatic heterocycles. The number of aromatic nitrogens is 2. The van der Waals surface area contributed by atoms with Gasteiger partial charge in [-0.1, -0.05) is 0 Å². The smallest absolute Gasteiger partial charge is 0.228 e. The van der Waals surface area contributed by atoms with E-state index >= 15 is 0 Å². The number of methoxy groups -OCH3 is 1. The van der Waals surface area contributed by atoms with Gasteiger partial charge in [0.25, 0.3) is 0 Å². The molecule has 0 fully saturated rings. The van der Waals surface area contributed by atoms with Crippen LogP contribution >= 0.6 is 0 Å². The third-order valence-electron chi connectivity index (χ3n) is 2.52. The van der Waals surface area contributed by atoms with Crippen molar-refractivity contribution < 1.29 is 9.53 Å². The van der Waals surface area contributed by atoms with Crippen LogP contribution in [0, 0.1) is 0 Å². The number of carbonyl (C=O) groups is 1. The molecule has 0 bridgehead atoms. The Hall–Kier alpha value is -1.40. The highest BCUT2D eigenvalue weighted by Gasteiger charge is 2.22. The number of nitrogens with zero attached hydrogens (tertiary/aromatic N) is 2. The maximum Gasteiger partial charge on any atom is 0.228 e. The van der Waals surface area contributed by atoms with E-state index in [1.165, 1.54) is 0 Å². The summed E-state index contributed by atoms with van der Waals surface area (Å²) in [4.78, 5) is 11.8. The summed E-state index contributed by atoms with van der Waals surface area (Å²) in [6, 6.07) is 0. The zero-order chi connectivity index (χ0) is 13.1. The first-order valence-electron chi connectivity index (χ1n) is 5.45. The lowest BCUT2D eigenvalue weighted by Crippen LogP contribution is -2.29. The number of hydrogen-bond acceptors (Lipinski definition) is 4. The maximum absolute atomic E-state index is 11.8. The van der Waals surface area contributed by atoms with Gasteiger partial charge in [-0.05, 0) is 13.8 Å². The molecule has 1 rings (SSSR count). The fourth-order valence-electron chi connectivity index (χ4n) is 1.43. The summed E-state index contributed by atoms with van der Waals surface area (Å²) >= 11 is 0. The minimum absolute atomic E-state index is 0.134. The van der Waals surface area contributed by atoms with E-state index < -0.39 is 5.60 Å². The number of anilines is 1. The van der Waals surface area contributed by atoms with Crippen LogP contribution in [0.1, 0.15) is 25.8 Å². The quantitative estimate of drug-likeness (QED) is 0.791. The summed E-state index contributed by atoms with van der Waals surface area (Å²) < 4.78 is 6.82. The number of nitrogens with two attached hydrogens (primary N) is 1. The molecule has 6 heteroatoms. The Morgan fingerprint density at radius 2 is 2.29 bits per heavy atom. The monoisotopic (exact) mass is 240 g/mol. The first-order valence-corrected chi connectivity index (χ1v) is 5.45. The molecule has 0 aliphatic carbocycles. The van der Waals surface area contributed by atoms with Gasteiger partial charge in [0.15, 0.2) is 5.82 Å². The van der Waals surface area contributed by atoms with Crippen molar-refractivity contribution >= 4 is 11.7 Å². The van der Waals surface area contributed by atoms with Gasteiger partial charge in [-0.2, -0.15) is 5.10 Å². The molecule has 0 radical (unpaired) electrons. The standard InChI is InChI=1S/C11H20N4O2/c1-11(2,17-4)5-9(16)13-10-8(6-12)7-15(3)14-10/h7H,5-6,12H2,1-4H3,(H,13,14,16). The second kappa shape index (κ2) is 5.29. The molecule has 0 saturated heterocycles. The molecule has 3 N–H and O–H groups in total. The molecule has 0 unspecified atom stereocenters. The fraction of sp³-hybridized carbons (Fsp3) is 0.636. The van der Waals surface area contributed by atoms with Crippen LogP contribution < -0.4 is 11.1 Å². The van der Waals surface area contributed by atoms with Crippen LogP contribution in [-0.4, -0.2) is 28.4 Å². The predicted molar refractivity (Wildman–Crippen MR) is 65.4 cm³/mol. The average molecular weight is 240 g/mol. The summed E-state index contributed by atoms with van der Waals surface area (Å²) in [6.07, 6.45) is 2.06. The molecule has 0 atom stereocenters. The minimum Gasteiger partial charge on any atom is -0.378 e. The molecule has 1 amide bonds. The van der Waals surface area contributed by atoms with Crippen LogP contribution in [0.5, 0.6) is 0 Å². The average Bonchev–Trinajstić information content (AvgIpc) is 2.57. The van der Waals surface area contributed by atoms with E-state index in [0.29, 0.717) is 12.4 Å². The van der Waals surface area contributed by atoms with Gasteiger partial charge in [0.1, 0.15) is 0 Å². The van der Waals surface area contributed by atoms with Gasteiger partial charge in [-0.25, -0.2) is 0 Å². The van der Waals surface area contributed by atoms with Gasteiger partial charge in [-0.15, -0.1) is 0 Å². The van der Waals surface area contributed by atoms with Crippen LogP contribution in [0.3, 0.4) is 0 Å². The molecule has 1 heterocycles. The predicted octanol–water partition coefficient (Wildman–Crippen LogP) is 0.632.